The number of ether oxygens (including phenoxy) is 2. The monoisotopic (exact) mass is 411 g/mol. The fraction of sp³-hybridized carbons (Fsp3) is 0.136. The molecule has 0 saturated heterocycles. The first-order chi connectivity index (χ1) is 13.9. The zero-order chi connectivity index (χ0) is 20.9. The lowest BCUT2D eigenvalue weighted by Gasteiger charge is -2.13. The van der Waals surface area contributed by atoms with Gasteiger partial charge in [-0.3, -0.25) is 4.72 Å². The number of esters is 1. The van der Waals surface area contributed by atoms with E-state index in [4.69, 9.17) is 9.47 Å². The lowest BCUT2D eigenvalue weighted by molar-refractivity contribution is 0.0527. The molecule has 7 heteroatoms. The summed E-state index contributed by atoms with van der Waals surface area (Å²) in [6, 6.07) is 19.9. The zero-order valence-electron chi connectivity index (χ0n) is 16.1. The minimum absolute atomic E-state index is 0.0493. The maximum atomic E-state index is 12.8. The van der Waals surface area contributed by atoms with Gasteiger partial charge in [0.25, 0.3) is 10.0 Å². The summed E-state index contributed by atoms with van der Waals surface area (Å²) in [6.07, 6.45) is 0. The molecule has 0 aromatic heterocycles. The Bertz CT molecular complexity index is 1110. The molecule has 0 amide bonds. The molecule has 0 aliphatic heterocycles. The lowest BCUT2D eigenvalue weighted by Crippen LogP contribution is -2.16. The molecule has 0 spiro atoms. The second kappa shape index (κ2) is 8.79. The van der Waals surface area contributed by atoms with Crippen molar-refractivity contribution < 1.29 is 22.7 Å². The second-order valence-electron chi connectivity index (χ2n) is 6.21. The molecule has 29 heavy (non-hydrogen) atoms. The fourth-order valence-corrected chi connectivity index (χ4v) is 3.73. The topological polar surface area (TPSA) is 81.7 Å². The highest BCUT2D eigenvalue weighted by atomic mass is 32.2. The van der Waals surface area contributed by atoms with Gasteiger partial charge in [-0.15, -0.1) is 0 Å². The molecule has 0 fully saturated rings. The van der Waals surface area contributed by atoms with Crippen LogP contribution in [0.3, 0.4) is 0 Å². The summed E-state index contributed by atoms with van der Waals surface area (Å²) in [5.41, 5.74) is 1.28. The van der Waals surface area contributed by atoms with Crippen LogP contribution in [-0.2, 0) is 14.8 Å². The van der Waals surface area contributed by atoms with Gasteiger partial charge in [-0.25, -0.2) is 13.2 Å². The van der Waals surface area contributed by atoms with Gasteiger partial charge in [0, 0.05) is 0 Å². The molecule has 0 atom stereocenters. The number of benzene rings is 3. The maximum absolute atomic E-state index is 12.8. The van der Waals surface area contributed by atoms with Gasteiger partial charge in [-0.2, -0.15) is 0 Å². The van der Waals surface area contributed by atoms with Crippen LogP contribution in [0.5, 0.6) is 11.5 Å². The number of hydrogen-bond acceptors (Lipinski definition) is 5. The molecule has 3 rings (SSSR count). The highest BCUT2D eigenvalue weighted by Gasteiger charge is 2.19. The Balaban J connectivity index is 1.80. The third-order valence-electron chi connectivity index (χ3n) is 4.12. The van der Waals surface area contributed by atoms with Crippen LogP contribution >= 0.6 is 0 Å². The number of rotatable bonds is 7. The van der Waals surface area contributed by atoms with Crippen LogP contribution in [-0.4, -0.2) is 21.0 Å². The molecule has 0 saturated carbocycles. The molecule has 0 radical (unpaired) electrons. The van der Waals surface area contributed by atoms with E-state index >= 15 is 0 Å². The van der Waals surface area contributed by atoms with Gasteiger partial charge in [0.05, 0.1) is 22.8 Å². The van der Waals surface area contributed by atoms with Crippen molar-refractivity contribution in [1.82, 2.24) is 0 Å². The SMILES string of the molecule is CCOC(=O)c1ccccc1NS(=O)(=O)c1ccc(Oc2ccccc2C)cc1. The van der Waals surface area contributed by atoms with Crippen LogP contribution in [0.2, 0.25) is 0 Å². The van der Waals surface area contributed by atoms with Crippen LogP contribution in [0.15, 0.2) is 77.7 Å². The zero-order valence-corrected chi connectivity index (χ0v) is 16.9. The van der Waals surface area contributed by atoms with E-state index in [0.717, 1.165) is 5.56 Å². The van der Waals surface area contributed by atoms with E-state index < -0.39 is 16.0 Å². The van der Waals surface area contributed by atoms with Crippen molar-refractivity contribution >= 4 is 21.7 Å². The van der Waals surface area contributed by atoms with Crippen LogP contribution in [0.1, 0.15) is 22.8 Å². The summed E-state index contributed by atoms with van der Waals surface area (Å²) in [6.45, 7) is 3.81. The Morgan fingerprint density at radius 3 is 2.28 bits per heavy atom. The van der Waals surface area contributed by atoms with Gasteiger partial charge >= 0.3 is 5.97 Å². The quantitative estimate of drug-likeness (QED) is 0.567. The minimum atomic E-state index is -3.90. The van der Waals surface area contributed by atoms with E-state index in [0.29, 0.717) is 11.5 Å². The average molecular weight is 411 g/mol. The fourth-order valence-electron chi connectivity index (χ4n) is 2.65. The van der Waals surface area contributed by atoms with E-state index in [9.17, 15) is 13.2 Å². The Kier molecular flexibility index (Phi) is 6.19. The summed E-state index contributed by atoms with van der Waals surface area (Å²) in [5.74, 6) is 0.627. The predicted molar refractivity (Wildman–Crippen MR) is 111 cm³/mol. The molecule has 0 aliphatic carbocycles. The molecule has 1 N–H and O–H groups in total. The summed E-state index contributed by atoms with van der Waals surface area (Å²) in [5, 5.41) is 0. The van der Waals surface area contributed by atoms with E-state index in [1.807, 2.05) is 31.2 Å². The van der Waals surface area contributed by atoms with Crippen LogP contribution in [0.25, 0.3) is 0 Å². The minimum Gasteiger partial charge on any atom is -0.462 e. The standard InChI is InChI=1S/C22H21NO5S/c1-3-27-22(24)19-9-5-6-10-20(19)23-29(25,26)18-14-12-17(13-15-18)28-21-11-7-4-8-16(21)2/h4-15,23H,3H2,1-2H3. The van der Waals surface area contributed by atoms with Gasteiger partial charge in [0.15, 0.2) is 0 Å². The Hall–Kier alpha value is -3.32. The van der Waals surface area contributed by atoms with Crippen LogP contribution in [0.4, 0.5) is 5.69 Å². The third-order valence-corrected chi connectivity index (χ3v) is 5.50. The van der Waals surface area contributed by atoms with Gasteiger partial charge in [-0.05, 0) is 61.9 Å². The molecular formula is C22H21NO5S. The summed E-state index contributed by atoms with van der Waals surface area (Å²) >= 11 is 0. The normalized spacial score (nSPS) is 11.0. The molecule has 6 nitrogen and oxygen atoms in total. The number of sulfonamides is 1. The summed E-state index contributed by atoms with van der Waals surface area (Å²) in [7, 11) is -3.90. The lowest BCUT2D eigenvalue weighted by atomic mass is 10.2. The number of carbonyl (C=O) groups excluding carboxylic acids is 1. The predicted octanol–water partition coefficient (Wildman–Crippen LogP) is 4.76. The summed E-state index contributed by atoms with van der Waals surface area (Å²) < 4.78 is 38.7. The van der Waals surface area contributed by atoms with Crippen molar-refractivity contribution in [2.45, 2.75) is 18.7 Å². The molecule has 0 aliphatic rings. The number of anilines is 1. The van der Waals surface area contributed by atoms with Gasteiger partial charge < -0.3 is 9.47 Å². The highest BCUT2D eigenvalue weighted by Crippen LogP contribution is 2.27. The largest absolute Gasteiger partial charge is 0.462 e. The van der Waals surface area contributed by atoms with Crippen molar-refractivity contribution in [3.63, 3.8) is 0 Å². The number of carbonyl (C=O) groups is 1. The molecule has 0 bridgehead atoms. The van der Waals surface area contributed by atoms with Crippen LogP contribution < -0.4 is 9.46 Å². The van der Waals surface area contributed by atoms with E-state index in [1.165, 1.54) is 24.3 Å². The van der Waals surface area contributed by atoms with E-state index in [2.05, 4.69) is 4.72 Å². The first kappa shape index (κ1) is 20.4. The van der Waals surface area contributed by atoms with Crippen molar-refractivity contribution in [3.05, 3.63) is 83.9 Å². The van der Waals surface area contributed by atoms with Crippen molar-refractivity contribution in [2.24, 2.45) is 0 Å². The number of nitrogens with one attached hydrogen (secondary N) is 1. The molecule has 3 aromatic carbocycles. The Labute approximate surface area is 170 Å². The average Bonchev–Trinajstić information content (AvgIpc) is 2.70. The maximum Gasteiger partial charge on any atom is 0.340 e. The smallest absolute Gasteiger partial charge is 0.340 e. The van der Waals surface area contributed by atoms with E-state index in [1.54, 1.807) is 31.2 Å². The first-order valence-electron chi connectivity index (χ1n) is 9.03. The summed E-state index contributed by atoms with van der Waals surface area (Å²) in [4.78, 5) is 12.1. The van der Waals surface area contributed by atoms with Crippen molar-refractivity contribution in [2.75, 3.05) is 11.3 Å². The second-order valence-corrected chi connectivity index (χ2v) is 7.89. The molecular weight excluding hydrogens is 390 g/mol. The van der Waals surface area contributed by atoms with E-state index in [-0.39, 0.29) is 22.8 Å². The van der Waals surface area contributed by atoms with Crippen LogP contribution in [0, 0.1) is 6.92 Å². The van der Waals surface area contributed by atoms with Gasteiger partial charge in [0.1, 0.15) is 11.5 Å². The van der Waals surface area contributed by atoms with Gasteiger partial charge in [0.2, 0.25) is 0 Å². The number of hydrogen-bond donors (Lipinski definition) is 1. The van der Waals surface area contributed by atoms with Gasteiger partial charge in [-0.1, -0.05) is 30.3 Å². The van der Waals surface area contributed by atoms with Crippen molar-refractivity contribution in [3.8, 4) is 11.5 Å². The molecule has 3 aromatic rings. The Morgan fingerprint density at radius 2 is 1.59 bits per heavy atom. The van der Waals surface area contributed by atoms with Crippen molar-refractivity contribution in [1.29, 1.82) is 0 Å². The number of aryl methyl sites for hydroxylation is 1. The molecule has 0 heterocycles. The third kappa shape index (κ3) is 4.94. The first-order valence-corrected chi connectivity index (χ1v) is 10.5. The molecule has 150 valence electrons. The number of para-hydroxylation sites is 2. The molecule has 0 unspecified atom stereocenters. The Morgan fingerprint density at radius 1 is 0.931 bits per heavy atom. The highest BCUT2D eigenvalue weighted by molar-refractivity contribution is 7.92.